The molecule has 272 valence electrons. The lowest BCUT2D eigenvalue weighted by atomic mass is 10.0. The SMILES string of the molecule is CC(N)=N[C@@H](Cc1ccc(OC(=O)Oc2ccccc2)cc1)C(=O)N[C@H](CCS(C)=O)C(=O)N[C@@H](Cc1ccccc1)C(=O)N(C)CCC(=O)O. The molecule has 0 aliphatic carbocycles. The van der Waals surface area contributed by atoms with E-state index in [0.29, 0.717) is 11.3 Å². The number of carbonyl (C=O) groups excluding carboxylic acids is 4. The van der Waals surface area contributed by atoms with E-state index in [1.165, 1.54) is 37.3 Å². The number of carbonyl (C=O) groups is 5. The number of nitrogens with two attached hydrogens (primary N) is 1. The number of rotatable bonds is 18. The molecular formula is C36H43N5O9S. The summed E-state index contributed by atoms with van der Waals surface area (Å²) in [4.78, 5) is 69.6. The van der Waals surface area contributed by atoms with E-state index in [0.717, 1.165) is 5.56 Å². The Morgan fingerprint density at radius 1 is 0.824 bits per heavy atom. The number of hydrogen-bond acceptors (Lipinski definition) is 9. The van der Waals surface area contributed by atoms with Crippen LogP contribution in [-0.2, 0) is 42.8 Å². The minimum absolute atomic E-state index is 0.00898. The van der Waals surface area contributed by atoms with Crippen molar-refractivity contribution in [3.8, 4) is 11.5 Å². The van der Waals surface area contributed by atoms with Crippen molar-refractivity contribution < 1.29 is 42.8 Å². The van der Waals surface area contributed by atoms with Gasteiger partial charge in [0.1, 0.15) is 29.6 Å². The van der Waals surface area contributed by atoms with Crippen LogP contribution in [0.4, 0.5) is 4.79 Å². The molecule has 15 heteroatoms. The molecule has 0 saturated carbocycles. The lowest BCUT2D eigenvalue weighted by Gasteiger charge is -2.27. The molecule has 51 heavy (non-hydrogen) atoms. The van der Waals surface area contributed by atoms with Gasteiger partial charge in [0, 0.05) is 49.2 Å². The van der Waals surface area contributed by atoms with Crippen LogP contribution < -0.4 is 25.8 Å². The molecule has 0 radical (unpaired) electrons. The Balaban J connectivity index is 1.75. The number of carboxylic acid groups (broad SMARTS) is 1. The number of amidine groups is 1. The number of para-hydroxylation sites is 1. The van der Waals surface area contributed by atoms with Crippen LogP contribution in [0.25, 0.3) is 0 Å². The van der Waals surface area contributed by atoms with Gasteiger partial charge >= 0.3 is 12.1 Å². The number of nitrogens with one attached hydrogen (secondary N) is 2. The van der Waals surface area contributed by atoms with Gasteiger partial charge in [-0.3, -0.25) is 28.4 Å². The van der Waals surface area contributed by atoms with Gasteiger partial charge in [0.25, 0.3) is 0 Å². The molecule has 0 fully saturated rings. The van der Waals surface area contributed by atoms with Gasteiger partial charge in [-0.25, -0.2) is 4.79 Å². The number of nitrogens with zero attached hydrogens (tertiary/aromatic N) is 2. The van der Waals surface area contributed by atoms with Crippen molar-refractivity contribution in [3.05, 3.63) is 96.1 Å². The van der Waals surface area contributed by atoms with Crippen LogP contribution in [0.15, 0.2) is 89.9 Å². The highest BCUT2D eigenvalue weighted by molar-refractivity contribution is 7.84. The molecule has 1 unspecified atom stereocenters. The van der Waals surface area contributed by atoms with Crippen molar-refractivity contribution in [1.82, 2.24) is 15.5 Å². The van der Waals surface area contributed by atoms with Crippen LogP contribution in [0.1, 0.15) is 30.9 Å². The largest absolute Gasteiger partial charge is 0.519 e. The van der Waals surface area contributed by atoms with Gasteiger partial charge in [-0.1, -0.05) is 60.7 Å². The van der Waals surface area contributed by atoms with Gasteiger partial charge in [0.2, 0.25) is 17.7 Å². The standard InChI is InChI=1S/C36H43N5O9S/c1-24(37)38-30(22-26-14-16-28(17-15-26)50-36(47)49-27-12-8-5-9-13-27)34(45)39-29(19-21-51(3)48)33(44)40-31(23-25-10-6-4-7-11-25)35(46)41(2)20-18-32(42)43/h4-17,29-31H,18-23H2,1-3H3,(H2,37,38)(H,39,45)(H,40,44)(H,42,43)/t29-,30+,31+,51?/m1/s1. The maximum Gasteiger partial charge on any atom is 0.519 e. The summed E-state index contributed by atoms with van der Waals surface area (Å²) in [5, 5.41) is 14.5. The third-order valence-electron chi connectivity index (χ3n) is 7.42. The molecule has 0 aromatic heterocycles. The monoisotopic (exact) mass is 721 g/mol. The van der Waals surface area contributed by atoms with Gasteiger partial charge in [0.15, 0.2) is 0 Å². The summed E-state index contributed by atoms with van der Waals surface area (Å²) in [5.74, 6) is -2.20. The number of aliphatic carboxylic acids is 1. The van der Waals surface area contributed by atoms with Crippen LogP contribution >= 0.6 is 0 Å². The van der Waals surface area contributed by atoms with Crippen LogP contribution in [0, 0.1) is 0 Å². The molecule has 0 aliphatic rings. The summed E-state index contributed by atoms with van der Waals surface area (Å²) in [6.07, 6.45) is 0.416. The Bertz CT molecular complexity index is 1680. The lowest BCUT2D eigenvalue weighted by Crippen LogP contribution is -2.56. The minimum Gasteiger partial charge on any atom is -0.481 e. The number of likely N-dealkylation sites (N-methyl/N-ethyl adjacent to an activating group) is 1. The Kier molecular flexibility index (Phi) is 15.8. The van der Waals surface area contributed by atoms with Gasteiger partial charge < -0.3 is 35.8 Å². The first-order valence-corrected chi connectivity index (χ1v) is 17.8. The fourth-order valence-electron chi connectivity index (χ4n) is 4.84. The molecule has 3 amide bonds. The highest BCUT2D eigenvalue weighted by atomic mass is 32.2. The summed E-state index contributed by atoms with van der Waals surface area (Å²) in [6, 6.07) is 20.3. The zero-order valence-electron chi connectivity index (χ0n) is 28.7. The summed E-state index contributed by atoms with van der Waals surface area (Å²) >= 11 is 0. The van der Waals surface area contributed by atoms with E-state index >= 15 is 0 Å². The Morgan fingerprint density at radius 2 is 1.37 bits per heavy atom. The first-order chi connectivity index (χ1) is 24.3. The topological polar surface area (TPSA) is 207 Å². The highest BCUT2D eigenvalue weighted by Crippen LogP contribution is 2.17. The van der Waals surface area contributed by atoms with Crippen LogP contribution in [0.2, 0.25) is 0 Å². The number of aliphatic imine (C=N–C) groups is 1. The van der Waals surface area contributed by atoms with Gasteiger partial charge in [0.05, 0.1) is 12.3 Å². The van der Waals surface area contributed by atoms with E-state index in [1.54, 1.807) is 66.7 Å². The molecule has 3 rings (SSSR count). The maximum absolute atomic E-state index is 13.7. The Morgan fingerprint density at radius 3 is 1.94 bits per heavy atom. The molecule has 0 bridgehead atoms. The van der Waals surface area contributed by atoms with Crippen molar-refractivity contribution in [2.75, 3.05) is 25.6 Å². The molecule has 5 N–H and O–H groups in total. The molecule has 0 spiro atoms. The second kappa shape index (κ2) is 20.2. The summed E-state index contributed by atoms with van der Waals surface area (Å²) in [5.41, 5.74) is 7.24. The second-order valence-corrected chi connectivity index (χ2v) is 13.2. The van der Waals surface area contributed by atoms with E-state index in [2.05, 4.69) is 15.6 Å². The fraction of sp³-hybridized carbons (Fsp3) is 0.333. The third-order valence-corrected chi connectivity index (χ3v) is 8.23. The maximum atomic E-state index is 13.7. The average molecular weight is 722 g/mol. The Labute approximate surface area is 298 Å². The van der Waals surface area contributed by atoms with Crippen LogP contribution in [-0.4, -0.2) is 93.6 Å². The highest BCUT2D eigenvalue weighted by Gasteiger charge is 2.31. The quantitative estimate of drug-likeness (QED) is 0.0653. The zero-order chi connectivity index (χ0) is 37.3. The summed E-state index contributed by atoms with van der Waals surface area (Å²) in [7, 11) is 0.137. The van der Waals surface area contributed by atoms with Gasteiger partial charge in [-0.15, -0.1) is 0 Å². The smallest absolute Gasteiger partial charge is 0.481 e. The molecule has 0 saturated heterocycles. The van der Waals surface area contributed by atoms with E-state index in [9.17, 15) is 28.2 Å². The van der Waals surface area contributed by atoms with Crippen molar-refractivity contribution in [3.63, 3.8) is 0 Å². The molecule has 4 atom stereocenters. The molecule has 0 heterocycles. The number of ether oxygens (including phenoxy) is 2. The third kappa shape index (κ3) is 14.4. The van der Waals surface area contributed by atoms with Crippen molar-refractivity contribution in [2.45, 2.75) is 50.7 Å². The summed E-state index contributed by atoms with van der Waals surface area (Å²) in [6.45, 7) is 1.44. The van der Waals surface area contributed by atoms with Crippen LogP contribution in [0.3, 0.4) is 0 Å². The second-order valence-electron chi connectivity index (χ2n) is 11.7. The molecule has 3 aromatic carbocycles. The number of carboxylic acids is 1. The normalized spacial score (nSPS) is 13.5. The average Bonchev–Trinajstić information content (AvgIpc) is 3.09. The molecular weight excluding hydrogens is 678 g/mol. The van der Waals surface area contributed by atoms with Gasteiger partial charge in [-0.2, -0.15) is 0 Å². The van der Waals surface area contributed by atoms with E-state index in [4.69, 9.17) is 20.3 Å². The number of hydrogen-bond donors (Lipinski definition) is 4. The van der Waals surface area contributed by atoms with Crippen molar-refractivity contribution in [1.29, 1.82) is 0 Å². The molecule has 0 aliphatic heterocycles. The summed E-state index contributed by atoms with van der Waals surface area (Å²) < 4.78 is 22.4. The van der Waals surface area contributed by atoms with Gasteiger partial charge in [-0.05, 0) is 48.7 Å². The Hall–Kier alpha value is -5.57. The van der Waals surface area contributed by atoms with E-state index in [-0.39, 0.29) is 49.6 Å². The fourth-order valence-corrected chi connectivity index (χ4v) is 5.41. The first kappa shape index (κ1) is 39.9. The predicted octanol–water partition coefficient (Wildman–Crippen LogP) is 2.47. The zero-order valence-corrected chi connectivity index (χ0v) is 29.5. The van der Waals surface area contributed by atoms with Crippen LogP contribution in [0.5, 0.6) is 11.5 Å². The molecule has 14 nitrogen and oxygen atoms in total. The number of benzene rings is 3. The minimum atomic E-state index is -1.31. The van der Waals surface area contributed by atoms with E-state index in [1.807, 2.05) is 6.07 Å². The lowest BCUT2D eigenvalue weighted by molar-refractivity contribution is -0.139. The number of amides is 3. The predicted molar refractivity (Wildman–Crippen MR) is 192 cm³/mol. The molecule has 3 aromatic rings. The first-order valence-electron chi connectivity index (χ1n) is 16.1. The van der Waals surface area contributed by atoms with Crippen molar-refractivity contribution >= 4 is 46.5 Å². The van der Waals surface area contributed by atoms with Crippen molar-refractivity contribution in [2.24, 2.45) is 10.7 Å². The van der Waals surface area contributed by atoms with E-state index < -0.39 is 58.8 Å².